The van der Waals surface area contributed by atoms with Gasteiger partial charge in [0.25, 0.3) is 0 Å². The maximum atomic E-state index is 12.7. The largest absolute Gasteiger partial charge is 0.494 e. The van der Waals surface area contributed by atoms with Gasteiger partial charge in [-0.1, -0.05) is 44.0 Å². The highest BCUT2D eigenvalue weighted by Crippen LogP contribution is 2.23. The van der Waals surface area contributed by atoms with E-state index in [2.05, 4.69) is 19.7 Å². The first-order valence-electron chi connectivity index (χ1n) is 14.7. The smallest absolute Gasteiger partial charge is 0.488 e. The van der Waals surface area contributed by atoms with Crippen LogP contribution >= 0.6 is 0 Å². The molecule has 2 N–H and O–H groups in total. The molecule has 0 aliphatic carbocycles. The number of allylic oxidation sites excluding steroid dienone is 2. The third kappa shape index (κ3) is 11.5. The van der Waals surface area contributed by atoms with E-state index in [1.54, 1.807) is 86.6 Å². The van der Waals surface area contributed by atoms with Crippen molar-refractivity contribution in [3.8, 4) is 11.5 Å². The molecule has 0 aromatic heterocycles. The Bertz CT molecular complexity index is 1600. The molecule has 0 heterocycles. The lowest BCUT2D eigenvalue weighted by atomic mass is 9.80. The fourth-order valence-corrected chi connectivity index (χ4v) is 3.87. The van der Waals surface area contributed by atoms with Crippen molar-refractivity contribution in [2.24, 2.45) is 0 Å². The quantitative estimate of drug-likeness (QED) is 0.0385. The SMILES string of the molecule is C=CC(=O)OCCCCOc1ccc(C(=O)OC(=C)/C(C)=C(/C)C(=C)OC(=O)c2ccc(OCc3ccc(B(O)O)cc3)cc2)cc1. The van der Waals surface area contributed by atoms with Gasteiger partial charge < -0.3 is 33.7 Å². The molecule has 0 amide bonds. The lowest BCUT2D eigenvalue weighted by Crippen LogP contribution is -2.29. The Balaban J connectivity index is 1.46. The van der Waals surface area contributed by atoms with E-state index in [1.807, 2.05) is 0 Å². The summed E-state index contributed by atoms with van der Waals surface area (Å²) in [6, 6.07) is 19.5. The first-order valence-corrected chi connectivity index (χ1v) is 14.7. The molecule has 0 spiro atoms. The van der Waals surface area contributed by atoms with Crippen molar-refractivity contribution in [3.63, 3.8) is 0 Å². The number of benzene rings is 3. The van der Waals surface area contributed by atoms with E-state index in [4.69, 9.17) is 23.7 Å². The van der Waals surface area contributed by atoms with Crippen LogP contribution in [0.2, 0.25) is 0 Å². The van der Waals surface area contributed by atoms with Crippen LogP contribution in [0.4, 0.5) is 0 Å². The fourth-order valence-electron chi connectivity index (χ4n) is 3.87. The number of unbranched alkanes of at least 4 members (excludes halogenated alkanes) is 1. The van der Waals surface area contributed by atoms with Gasteiger partial charge in [0.2, 0.25) is 0 Å². The van der Waals surface area contributed by atoms with Gasteiger partial charge in [0, 0.05) is 6.08 Å². The minimum Gasteiger partial charge on any atom is -0.494 e. The summed E-state index contributed by atoms with van der Waals surface area (Å²) in [6.07, 6.45) is 2.44. The molecule has 0 fully saturated rings. The number of carbonyl (C=O) groups is 3. The highest BCUT2D eigenvalue weighted by molar-refractivity contribution is 6.58. The molecular weight excluding hydrogens is 603 g/mol. The molecule has 47 heavy (non-hydrogen) atoms. The molecule has 0 saturated heterocycles. The number of ether oxygens (including phenoxy) is 5. The second kappa shape index (κ2) is 17.9. The maximum Gasteiger partial charge on any atom is 0.488 e. The number of carbonyl (C=O) groups excluding carboxylic acids is 3. The van der Waals surface area contributed by atoms with Crippen LogP contribution in [0.5, 0.6) is 11.5 Å². The Hall–Kier alpha value is -5.39. The standard InChI is InChI=1S/C36H37BO10/c1-6-34(38)44-22-8-7-21-43-32-17-11-29(12-18-32)35(39)46-26(4)24(2)25(3)27(5)47-36(40)30-13-19-33(20-14-30)45-23-28-9-15-31(16-10-28)37(41)42/h6,9-20,41-42H,1,4-5,7-8,21-23H2,2-3H3/b25-24-. The first kappa shape index (κ1) is 36.1. The summed E-state index contributed by atoms with van der Waals surface area (Å²) in [5.41, 5.74) is 2.72. The number of rotatable bonds is 17. The molecule has 3 rings (SSSR count). The van der Waals surface area contributed by atoms with E-state index in [9.17, 15) is 24.4 Å². The van der Waals surface area contributed by atoms with Gasteiger partial charge in [-0.25, -0.2) is 14.4 Å². The Morgan fingerprint density at radius 2 is 1.17 bits per heavy atom. The molecular formula is C36H37BO10. The van der Waals surface area contributed by atoms with Crippen LogP contribution in [-0.4, -0.2) is 48.3 Å². The average molecular weight is 640 g/mol. The Kier molecular flexibility index (Phi) is 13.8. The van der Waals surface area contributed by atoms with Gasteiger partial charge in [0.1, 0.15) is 29.6 Å². The van der Waals surface area contributed by atoms with E-state index in [-0.39, 0.29) is 35.9 Å². The lowest BCUT2D eigenvalue weighted by molar-refractivity contribution is -0.137. The predicted molar refractivity (Wildman–Crippen MR) is 177 cm³/mol. The van der Waals surface area contributed by atoms with E-state index >= 15 is 0 Å². The maximum absolute atomic E-state index is 12.7. The van der Waals surface area contributed by atoms with Gasteiger partial charge in [-0.05, 0) is 97.4 Å². The molecule has 0 unspecified atom stereocenters. The van der Waals surface area contributed by atoms with E-state index in [1.165, 1.54) is 0 Å². The van der Waals surface area contributed by atoms with Crippen molar-refractivity contribution in [3.05, 3.63) is 138 Å². The molecule has 0 aliphatic rings. The molecule has 0 radical (unpaired) electrons. The van der Waals surface area contributed by atoms with Crippen molar-refractivity contribution in [1.82, 2.24) is 0 Å². The van der Waals surface area contributed by atoms with Crippen molar-refractivity contribution in [2.45, 2.75) is 33.3 Å². The molecule has 11 heteroatoms. The number of hydrogen-bond donors (Lipinski definition) is 2. The highest BCUT2D eigenvalue weighted by Gasteiger charge is 2.16. The van der Waals surface area contributed by atoms with E-state index in [0.717, 1.165) is 11.6 Å². The van der Waals surface area contributed by atoms with E-state index in [0.29, 0.717) is 47.6 Å². The summed E-state index contributed by atoms with van der Waals surface area (Å²) < 4.78 is 27.2. The topological polar surface area (TPSA) is 138 Å². The van der Waals surface area contributed by atoms with Crippen LogP contribution in [0.25, 0.3) is 0 Å². The summed E-state index contributed by atoms with van der Waals surface area (Å²) in [4.78, 5) is 36.5. The van der Waals surface area contributed by atoms with Crippen LogP contribution in [0.1, 0.15) is 53.0 Å². The minimum absolute atomic E-state index is 0.0711. The predicted octanol–water partition coefficient (Wildman–Crippen LogP) is 5.21. The first-order chi connectivity index (χ1) is 22.5. The van der Waals surface area contributed by atoms with Gasteiger partial charge >= 0.3 is 25.0 Å². The fraction of sp³-hybridized carbons (Fsp3) is 0.194. The molecule has 0 saturated carbocycles. The monoisotopic (exact) mass is 640 g/mol. The highest BCUT2D eigenvalue weighted by atomic mass is 16.5. The third-order valence-corrected chi connectivity index (χ3v) is 6.91. The Labute approximate surface area is 274 Å². The van der Waals surface area contributed by atoms with Crippen molar-refractivity contribution in [2.75, 3.05) is 13.2 Å². The second-order valence-electron chi connectivity index (χ2n) is 10.3. The number of hydrogen-bond acceptors (Lipinski definition) is 10. The summed E-state index contributed by atoms with van der Waals surface area (Å²) in [7, 11) is -1.53. The molecule has 3 aromatic carbocycles. The van der Waals surface area contributed by atoms with E-state index < -0.39 is 25.0 Å². The summed E-state index contributed by atoms with van der Waals surface area (Å²) in [5.74, 6) is -0.466. The minimum atomic E-state index is -1.53. The van der Waals surface area contributed by atoms with Gasteiger partial charge in [-0.2, -0.15) is 0 Å². The molecule has 244 valence electrons. The molecule has 10 nitrogen and oxygen atoms in total. The zero-order chi connectivity index (χ0) is 34.3. The van der Waals surface area contributed by atoms with Crippen LogP contribution in [0.15, 0.2) is 121 Å². The van der Waals surface area contributed by atoms with Gasteiger partial charge in [0.05, 0.1) is 24.3 Å². The van der Waals surface area contributed by atoms with Crippen LogP contribution in [0, 0.1) is 0 Å². The van der Waals surface area contributed by atoms with Gasteiger partial charge in [-0.3, -0.25) is 0 Å². The Morgan fingerprint density at radius 3 is 1.64 bits per heavy atom. The average Bonchev–Trinajstić information content (AvgIpc) is 3.08. The third-order valence-electron chi connectivity index (χ3n) is 6.91. The molecule has 3 aromatic rings. The zero-order valence-corrected chi connectivity index (χ0v) is 26.4. The lowest BCUT2D eigenvalue weighted by Gasteiger charge is -2.14. The summed E-state index contributed by atoms with van der Waals surface area (Å²) in [6.45, 7) is 15.3. The Morgan fingerprint density at radius 1 is 0.702 bits per heavy atom. The van der Waals surface area contributed by atoms with Crippen LogP contribution in [0.3, 0.4) is 0 Å². The van der Waals surface area contributed by atoms with Crippen molar-refractivity contribution in [1.29, 1.82) is 0 Å². The zero-order valence-electron chi connectivity index (χ0n) is 26.4. The van der Waals surface area contributed by atoms with Crippen molar-refractivity contribution >= 4 is 30.5 Å². The molecule has 0 bridgehead atoms. The van der Waals surface area contributed by atoms with Crippen LogP contribution in [-0.2, 0) is 25.6 Å². The van der Waals surface area contributed by atoms with Crippen LogP contribution < -0.4 is 14.9 Å². The van der Waals surface area contributed by atoms with Gasteiger partial charge in [0.15, 0.2) is 0 Å². The second-order valence-corrected chi connectivity index (χ2v) is 10.3. The molecule has 0 aliphatic heterocycles. The number of esters is 3. The summed E-state index contributed by atoms with van der Waals surface area (Å²) in [5, 5.41) is 18.4. The molecule has 0 atom stereocenters. The normalized spacial score (nSPS) is 11.0. The summed E-state index contributed by atoms with van der Waals surface area (Å²) >= 11 is 0. The van der Waals surface area contributed by atoms with Crippen molar-refractivity contribution < 1.29 is 48.1 Å². The van der Waals surface area contributed by atoms with Gasteiger partial charge in [-0.15, -0.1) is 0 Å².